The monoisotopic (exact) mass is 996 g/mol. The maximum Gasteiger partial charge on any atom is 0.471 e. The Morgan fingerprint density at radius 2 is 1.51 bits per heavy atom. The largest absolute Gasteiger partial charge is 0.471 e. The highest BCUT2D eigenvalue weighted by molar-refractivity contribution is 7.81. The fourth-order valence-corrected chi connectivity index (χ4v) is 9.80. The molecule has 0 saturated carbocycles. The van der Waals surface area contributed by atoms with Gasteiger partial charge in [-0.3, -0.25) is 28.5 Å². The van der Waals surface area contributed by atoms with Gasteiger partial charge in [0.25, 0.3) is 17.2 Å². The number of carbonyl (C=O) groups is 5. The summed E-state index contributed by atoms with van der Waals surface area (Å²) in [5, 5.41) is 8.06. The van der Waals surface area contributed by atoms with Crippen LogP contribution in [0, 0.1) is 23.7 Å². The van der Waals surface area contributed by atoms with Gasteiger partial charge in [0.15, 0.2) is 0 Å². The van der Waals surface area contributed by atoms with E-state index in [9.17, 15) is 45.9 Å². The summed E-state index contributed by atoms with van der Waals surface area (Å²) in [7, 11) is 8.81. The first-order valence-electron chi connectivity index (χ1n) is 23.6. The molecule has 1 unspecified atom stereocenters. The standard InChI is InChI=1S/C49H76F3N7O9S/c1-13-32(6)43(57(10)47(63)42(31(4)5)53-29-39(30(2)3)56(8)9)40(67-11)27-41(60)58-25-17-20-38(58)44(68-12)33(7)45(61)55-37(26-34-18-15-14-16-19-34)46(62)59(69(65)66)36-23-21-35(22-24-36)28-54-48(64)49(50,51)52/h14-16,18-19,21-24,30-33,37-40,42-44,53H,13,17,20,25-29H2,1-12H3,(H,54,64)(H,55,61)(H,65,66)/t32-,33+,37-,38-,39+,40+,42-,43-,44+/m0/s1. The fraction of sp³-hybridized carbons (Fsp3) is 0.653. The lowest BCUT2D eigenvalue weighted by atomic mass is 9.89. The van der Waals surface area contributed by atoms with Crippen molar-refractivity contribution in [3.63, 3.8) is 0 Å². The molecular formula is C49H76F3N7O9S. The van der Waals surface area contributed by atoms with E-state index in [0.717, 1.165) is 6.42 Å². The second kappa shape index (κ2) is 27.2. The number of alkyl halides is 3. The Morgan fingerprint density at radius 1 is 0.884 bits per heavy atom. The predicted molar refractivity (Wildman–Crippen MR) is 260 cm³/mol. The van der Waals surface area contributed by atoms with Crippen molar-refractivity contribution in [2.75, 3.05) is 52.8 Å². The molecule has 1 fully saturated rings. The minimum absolute atomic E-state index is 0.0188. The molecule has 2 aromatic rings. The van der Waals surface area contributed by atoms with Gasteiger partial charge in [0.2, 0.25) is 17.7 Å². The molecule has 1 aliphatic rings. The molecule has 2 aromatic carbocycles. The zero-order chi connectivity index (χ0) is 51.9. The molecule has 0 radical (unpaired) electrons. The van der Waals surface area contributed by atoms with Crippen molar-refractivity contribution in [3.05, 3.63) is 65.7 Å². The number of anilines is 1. The van der Waals surface area contributed by atoms with Gasteiger partial charge in [0, 0.05) is 53.4 Å². The highest BCUT2D eigenvalue weighted by Crippen LogP contribution is 2.30. The van der Waals surface area contributed by atoms with E-state index in [1.165, 1.54) is 31.4 Å². The van der Waals surface area contributed by atoms with Gasteiger partial charge in [-0.25, -0.2) is 8.51 Å². The number of amides is 5. The third-order valence-electron chi connectivity index (χ3n) is 13.3. The molecular weight excluding hydrogens is 920 g/mol. The molecule has 1 saturated heterocycles. The quantitative estimate of drug-likeness (QED) is 0.0910. The Labute approximate surface area is 409 Å². The molecule has 0 bridgehead atoms. The van der Waals surface area contributed by atoms with E-state index in [1.54, 1.807) is 66.5 Å². The van der Waals surface area contributed by atoms with Crippen molar-refractivity contribution in [1.29, 1.82) is 0 Å². The van der Waals surface area contributed by atoms with Crippen molar-refractivity contribution in [3.8, 4) is 0 Å². The molecule has 69 heavy (non-hydrogen) atoms. The normalized spacial score (nSPS) is 18.2. The maximum atomic E-state index is 14.5. The van der Waals surface area contributed by atoms with E-state index < -0.39 is 84.0 Å². The number of halogens is 3. The summed E-state index contributed by atoms with van der Waals surface area (Å²) < 4.78 is 74.0. The number of ether oxygens (including phenoxy) is 2. The van der Waals surface area contributed by atoms with Crippen molar-refractivity contribution in [2.24, 2.45) is 23.7 Å². The molecule has 4 N–H and O–H groups in total. The molecule has 20 heteroatoms. The van der Waals surface area contributed by atoms with E-state index in [1.807, 2.05) is 41.8 Å². The van der Waals surface area contributed by atoms with E-state index in [0.29, 0.717) is 41.7 Å². The lowest BCUT2D eigenvalue weighted by Gasteiger charge is -2.41. The molecule has 10 atom stereocenters. The van der Waals surface area contributed by atoms with Crippen molar-refractivity contribution < 1.29 is 55.4 Å². The predicted octanol–water partition coefficient (Wildman–Crippen LogP) is 5.18. The van der Waals surface area contributed by atoms with Gasteiger partial charge in [0.05, 0.1) is 48.4 Å². The molecule has 0 aliphatic carbocycles. The molecule has 0 aromatic heterocycles. The minimum atomic E-state index is -5.09. The average Bonchev–Trinajstić information content (AvgIpc) is 3.78. The van der Waals surface area contributed by atoms with Crippen LogP contribution in [0.2, 0.25) is 0 Å². The first kappa shape index (κ1) is 58.8. The molecule has 1 heterocycles. The number of likely N-dealkylation sites (tertiary alicyclic amines) is 1. The summed E-state index contributed by atoms with van der Waals surface area (Å²) >= 11 is -2.96. The lowest BCUT2D eigenvalue weighted by Crippen LogP contribution is -2.58. The van der Waals surface area contributed by atoms with Crippen molar-refractivity contribution in [2.45, 2.75) is 136 Å². The number of nitrogens with one attached hydrogen (secondary N) is 3. The summed E-state index contributed by atoms with van der Waals surface area (Å²) in [5.41, 5.74) is 0.739. The van der Waals surface area contributed by atoms with Crippen molar-refractivity contribution in [1.82, 2.24) is 30.7 Å². The molecule has 16 nitrogen and oxygen atoms in total. The number of hydrogen-bond donors (Lipinski definition) is 4. The third-order valence-corrected chi connectivity index (χ3v) is 14.0. The van der Waals surface area contributed by atoms with Crippen LogP contribution in [-0.4, -0.2) is 150 Å². The summed E-state index contributed by atoms with van der Waals surface area (Å²) in [4.78, 5) is 74.3. The van der Waals surface area contributed by atoms with E-state index in [-0.39, 0.29) is 53.8 Å². The Bertz CT molecular complexity index is 1990. The second-order valence-corrected chi connectivity index (χ2v) is 19.8. The minimum Gasteiger partial charge on any atom is -0.379 e. The maximum absolute atomic E-state index is 14.5. The molecule has 1 aliphatic heterocycles. The van der Waals surface area contributed by atoms with Gasteiger partial charge in [-0.05, 0) is 68.0 Å². The topological polar surface area (TPSA) is 190 Å². The molecule has 5 amide bonds. The fourth-order valence-electron chi connectivity index (χ4n) is 9.22. The highest BCUT2D eigenvalue weighted by atomic mass is 32.2. The van der Waals surface area contributed by atoms with Gasteiger partial charge in [0.1, 0.15) is 6.04 Å². The van der Waals surface area contributed by atoms with E-state index in [2.05, 4.69) is 29.4 Å². The Kier molecular flexibility index (Phi) is 23.2. The van der Waals surface area contributed by atoms with Crippen LogP contribution in [0.1, 0.15) is 85.3 Å². The van der Waals surface area contributed by atoms with Gasteiger partial charge in [-0.2, -0.15) is 13.2 Å². The summed E-state index contributed by atoms with van der Waals surface area (Å²) in [6.45, 7) is 14.5. The summed E-state index contributed by atoms with van der Waals surface area (Å²) in [5.74, 6) is -4.69. The lowest BCUT2D eigenvalue weighted by molar-refractivity contribution is -0.173. The van der Waals surface area contributed by atoms with Crippen LogP contribution < -0.4 is 20.3 Å². The molecule has 3 rings (SSSR count). The first-order valence-corrected chi connectivity index (χ1v) is 24.7. The van der Waals surface area contributed by atoms with Crippen LogP contribution in [0.4, 0.5) is 18.9 Å². The van der Waals surface area contributed by atoms with Crippen LogP contribution in [0.3, 0.4) is 0 Å². The molecule has 388 valence electrons. The van der Waals surface area contributed by atoms with Gasteiger partial charge >= 0.3 is 12.1 Å². The number of hydrogen-bond acceptors (Lipinski definition) is 10. The Morgan fingerprint density at radius 3 is 2.01 bits per heavy atom. The van der Waals surface area contributed by atoms with E-state index in [4.69, 9.17) is 9.47 Å². The molecule has 0 spiro atoms. The summed E-state index contributed by atoms with van der Waals surface area (Å²) in [6.07, 6.45) is -4.88. The number of nitrogens with zero attached hydrogens (tertiary/aromatic N) is 4. The van der Waals surface area contributed by atoms with Crippen LogP contribution in [-0.2, 0) is 57.7 Å². The van der Waals surface area contributed by atoms with Gasteiger partial charge in [-0.1, -0.05) is 97.4 Å². The van der Waals surface area contributed by atoms with Gasteiger partial charge in [-0.15, -0.1) is 0 Å². The first-order chi connectivity index (χ1) is 32.4. The van der Waals surface area contributed by atoms with Gasteiger partial charge < -0.3 is 40.1 Å². The number of carbonyl (C=O) groups excluding carboxylic acids is 5. The third kappa shape index (κ3) is 16.3. The Hall–Kier alpha value is -4.47. The number of benzene rings is 2. The van der Waals surface area contributed by atoms with Crippen LogP contribution in [0.15, 0.2) is 54.6 Å². The average molecular weight is 996 g/mol. The number of rotatable bonds is 26. The number of likely N-dealkylation sites (N-methyl/N-ethyl adjacent to an activating group) is 2. The Balaban J connectivity index is 1.86. The highest BCUT2D eigenvalue weighted by Gasteiger charge is 2.44. The van der Waals surface area contributed by atoms with Crippen LogP contribution >= 0.6 is 0 Å². The summed E-state index contributed by atoms with van der Waals surface area (Å²) in [6, 6.07) is 11.1. The van der Waals surface area contributed by atoms with Crippen LogP contribution in [0.5, 0.6) is 0 Å². The second-order valence-electron chi connectivity index (χ2n) is 19.0. The van der Waals surface area contributed by atoms with E-state index >= 15 is 0 Å². The SMILES string of the molecule is CC[C@H](C)[C@@H]([C@@H](CC(=O)N1CCC[C@H]1[C@H](OC)[C@@H](C)C(=O)N[C@@H](Cc1ccccc1)C(=O)N(c1ccc(CNC(=O)C(F)(F)F)cc1)S(=O)O)OC)N(C)C(=O)[C@@H](NC[C@H](C(C)C)N(C)C)C(C)C. The van der Waals surface area contributed by atoms with Crippen molar-refractivity contribution >= 4 is 46.5 Å². The number of methoxy groups -OCH3 is 2. The van der Waals surface area contributed by atoms with Crippen LogP contribution in [0.25, 0.3) is 0 Å². The smallest absolute Gasteiger partial charge is 0.379 e. The zero-order valence-electron chi connectivity index (χ0n) is 42.2. The zero-order valence-corrected chi connectivity index (χ0v) is 43.1.